The number of benzene rings is 4. The van der Waals surface area contributed by atoms with Crippen LogP contribution in [0.2, 0.25) is 0 Å². The molecule has 0 radical (unpaired) electrons. The van der Waals surface area contributed by atoms with Gasteiger partial charge in [-0.2, -0.15) is 5.11 Å². The Morgan fingerprint density at radius 2 is 1.15 bits per heavy atom. The van der Waals surface area contributed by atoms with Crippen LogP contribution in [-0.2, 0) is 0 Å². The first kappa shape index (κ1) is 21.3. The van der Waals surface area contributed by atoms with E-state index in [0.29, 0.717) is 5.69 Å². The first-order valence-electron chi connectivity index (χ1n) is 9.88. The van der Waals surface area contributed by atoms with E-state index in [1.54, 1.807) is 12.1 Å². The van der Waals surface area contributed by atoms with E-state index in [1.165, 1.54) is 6.07 Å². The summed E-state index contributed by atoms with van der Waals surface area (Å²) in [5.74, 6) is 0. The summed E-state index contributed by atoms with van der Waals surface area (Å²) in [6.45, 7) is 0. The number of para-hydroxylation sites is 2. The Morgan fingerprint density at radius 1 is 0.606 bits per heavy atom. The fraction of sp³-hybridized carbons (Fsp3) is 0. The van der Waals surface area contributed by atoms with Crippen molar-refractivity contribution in [3.8, 4) is 0 Å². The quantitative estimate of drug-likeness (QED) is 0.169. The molecule has 0 bridgehead atoms. The molecule has 33 heavy (non-hydrogen) atoms. The Balaban J connectivity index is 1.64. The van der Waals surface area contributed by atoms with Gasteiger partial charge in [0, 0.05) is 23.1 Å². The van der Waals surface area contributed by atoms with Crippen molar-refractivity contribution < 1.29 is 9.85 Å². The van der Waals surface area contributed by atoms with Crippen LogP contribution in [0, 0.1) is 20.2 Å². The van der Waals surface area contributed by atoms with E-state index in [4.69, 9.17) is 0 Å². The summed E-state index contributed by atoms with van der Waals surface area (Å²) in [6, 6.07) is 30.3. The minimum atomic E-state index is -0.720. The molecule has 9 heteroatoms. The lowest BCUT2D eigenvalue weighted by atomic mass is 10.2. The van der Waals surface area contributed by atoms with Gasteiger partial charge >= 0.3 is 5.69 Å². The van der Waals surface area contributed by atoms with E-state index in [9.17, 15) is 20.2 Å². The molecule has 0 saturated carbocycles. The van der Waals surface area contributed by atoms with Crippen molar-refractivity contribution in [2.45, 2.75) is 0 Å². The van der Waals surface area contributed by atoms with Gasteiger partial charge < -0.3 is 4.90 Å². The molecule has 0 heterocycles. The van der Waals surface area contributed by atoms with Crippen molar-refractivity contribution in [2.75, 3.05) is 4.90 Å². The van der Waals surface area contributed by atoms with Crippen LogP contribution in [0.3, 0.4) is 0 Å². The maximum Gasteiger partial charge on any atom is 0.303 e. The first-order chi connectivity index (χ1) is 16.0. The van der Waals surface area contributed by atoms with E-state index in [-0.39, 0.29) is 11.4 Å². The van der Waals surface area contributed by atoms with Crippen molar-refractivity contribution in [1.82, 2.24) is 0 Å². The summed E-state index contributed by atoms with van der Waals surface area (Å²) < 4.78 is 0. The van der Waals surface area contributed by atoms with Gasteiger partial charge in [-0.15, -0.1) is 5.11 Å². The summed E-state index contributed by atoms with van der Waals surface area (Å²) in [6.07, 6.45) is 0. The fourth-order valence-electron chi connectivity index (χ4n) is 3.24. The molecule has 0 aromatic heterocycles. The smallest absolute Gasteiger partial charge is 0.303 e. The topological polar surface area (TPSA) is 114 Å². The van der Waals surface area contributed by atoms with Crippen LogP contribution in [0.1, 0.15) is 0 Å². The lowest BCUT2D eigenvalue weighted by Gasteiger charge is -2.25. The Hall–Kier alpha value is -4.92. The molecule has 0 N–H and O–H groups in total. The predicted molar refractivity (Wildman–Crippen MR) is 125 cm³/mol. The second-order valence-corrected chi connectivity index (χ2v) is 6.91. The molecule has 0 saturated heterocycles. The molecule has 4 aromatic rings. The molecule has 0 aliphatic rings. The van der Waals surface area contributed by atoms with E-state index in [2.05, 4.69) is 15.1 Å². The zero-order chi connectivity index (χ0) is 23.2. The Kier molecular flexibility index (Phi) is 6.12. The van der Waals surface area contributed by atoms with E-state index in [1.807, 2.05) is 72.8 Å². The van der Waals surface area contributed by atoms with Crippen molar-refractivity contribution >= 4 is 39.8 Å². The number of nitro groups is 2. The van der Waals surface area contributed by atoms with Crippen LogP contribution in [0.25, 0.3) is 0 Å². The molecule has 0 fully saturated rings. The summed E-state index contributed by atoms with van der Waals surface area (Å²) in [5.41, 5.74) is 2.42. The van der Waals surface area contributed by atoms with Crippen LogP contribution in [0.5, 0.6) is 0 Å². The summed E-state index contributed by atoms with van der Waals surface area (Å²) in [5, 5.41) is 30.2. The third-order valence-electron chi connectivity index (χ3n) is 4.78. The molecule has 0 atom stereocenters. The molecule has 0 amide bonds. The highest BCUT2D eigenvalue weighted by Gasteiger charge is 2.19. The number of hydrogen-bond donors (Lipinski definition) is 0. The minimum Gasteiger partial charge on any atom is -0.311 e. The average molecular weight is 439 g/mol. The van der Waals surface area contributed by atoms with Crippen molar-refractivity contribution in [1.29, 1.82) is 0 Å². The zero-order valence-electron chi connectivity index (χ0n) is 17.2. The van der Waals surface area contributed by atoms with Gasteiger partial charge in [-0.25, -0.2) is 0 Å². The molecule has 4 rings (SSSR count). The molecule has 4 aromatic carbocycles. The number of rotatable bonds is 7. The van der Waals surface area contributed by atoms with Crippen LogP contribution in [0.4, 0.5) is 39.8 Å². The second kappa shape index (κ2) is 9.48. The number of nitrogens with zero attached hydrogens (tertiary/aromatic N) is 5. The molecular formula is C24H17N5O4. The SMILES string of the molecule is O=[N+]([O-])c1ccc(N=Nc2ccc(N(c3ccccc3)c3ccccc3)cc2)c([N+](=O)[O-])c1. The van der Waals surface area contributed by atoms with Gasteiger partial charge in [-0.05, 0) is 54.6 Å². The number of hydrogen-bond acceptors (Lipinski definition) is 7. The van der Waals surface area contributed by atoms with Crippen molar-refractivity contribution in [3.05, 3.63) is 123 Å². The third-order valence-corrected chi connectivity index (χ3v) is 4.78. The number of non-ortho nitro benzene ring substituents is 1. The van der Waals surface area contributed by atoms with Crippen LogP contribution in [0.15, 0.2) is 113 Å². The van der Waals surface area contributed by atoms with Crippen LogP contribution >= 0.6 is 0 Å². The molecule has 0 aliphatic heterocycles. The van der Waals surface area contributed by atoms with Gasteiger partial charge in [0.15, 0.2) is 5.69 Å². The second-order valence-electron chi connectivity index (χ2n) is 6.91. The molecule has 0 aliphatic carbocycles. The number of anilines is 3. The van der Waals surface area contributed by atoms with Gasteiger partial charge in [-0.3, -0.25) is 20.2 Å². The third kappa shape index (κ3) is 4.88. The monoisotopic (exact) mass is 439 g/mol. The molecule has 0 unspecified atom stereocenters. The highest BCUT2D eigenvalue weighted by Crippen LogP contribution is 2.36. The van der Waals surface area contributed by atoms with Gasteiger partial charge in [0.25, 0.3) is 5.69 Å². The largest absolute Gasteiger partial charge is 0.311 e. The molecule has 9 nitrogen and oxygen atoms in total. The van der Waals surface area contributed by atoms with Gasteiger partial charge in [0.05, 0.1) is 21.6 Å². The van der Waals surface area contributed by atoms with E-state index >= 15 is 0 Å². The Bertz CT molecular complexity index is 1270. The predicted octanol–water partition coefficient (Wildman–Crippen LogP) is 7.39. The normalized spacial score (nSPS) is 10.8. The molecule has 0 spiro atoms. The first-order valence-corrected chi connectivity index (χ1v) is 9.88. The zero-order valence-corrected chi connectivity index (χ0v) is 17.2. The maximum atomic E-state index is 11.3. The highest BCUT2D eigenvalue weighted by atomic mass is 16.6. The lowest BCUT2D eigenvalue weighted by Crippen LogP contribution is -2.09. The fourth-order valence-corrected chi connectivity index (χ4v) is 3.24. The van der Waals surface area contributed by atoms with Crippen molar-refractivity contribution in [3.63, 3.8) is 0 Å². The van der Waals surface area contributed by atoms with Crippen molar-refractivity contribution in [2.24, 2.45) is 10.2 Å². The van der Waals surface area contributed by atoms with Gasteiger partial charge in [0.1, 0.15) is 0 Å². The van der Waals surface area contributed by atoms with E-state index < -0.39 is 15.5 Å². The minimum absolute atomic E-state index is 0.0649. The summed E-state index contributed by atoms with van der Waals surface area (Å²) >= 11 is 0. The standard InChI is InChI=1S/C24H17N5O4/c30-28(31)22-15-16-23(24(17-22)29(32)33)26-25-18-11-13-21(14-12-18)27(19-7-3-1-4-8-19)20-9-5-2-6-10-20/h1-17H. The average Bonchev–Trinajstić information content (AvgIpc) is 2.85. The summed E-state index contributed by atoms with van der Waals surface area (Å²) in [7, 11) is 0. The number of nitro benzene ring substituents is 2. The Labute approximate surface area is 188 Å². The molecular weight excluding hydrogens is 422 g/mol. The van der Waals surface area contributed by atoms with Gasteiger partial charge in [0.2, 0.25) is 0 Å². The van der Waals surface area contributed by atoms with Gasteiger partial charge in [-0.1, -0.05) is 36.4 Å². The Morgan fingerprint density at radius 3 is 1.67 bits per heavy atom. The number of azo groups is 1. The lowest BCUT2D eigenvalue weighted by molar-refractivity contribution is -0.393. The van der Waals surface area contributed by atoms with E-state index in [0.717, 1.165) is 29.2 Å². The highest BCUT2D eigenvalue weighted by molar-refractivity contribution is 5.76. The molecule has 162 valence electrons. The van der Waals surface area contributed by atoms with Crippen LogP contribution < -0.4 is 4.90 Å². The maximum absolute atomic E-state index is 11.3. The van der Waals surface area contributed by atoms with Crippen LogP contribution in [-0.4, -0.2) is 9.85 Å². The summed E-state index contributed by atoms with van der Waals surface area (Å²) in [4.78, 5) is 22.8.